The molecule has 0 radical (unpaired) electrons. The van der Waals surface area contributed by atoms with Crippen LogP contribution in [0.5, 0.6) is 0 Å². The van der Waals surface area contributed by atoms with Gasteiger partial charge in [-0.3, -0.25) is 14.7 Å². The number of piperidine rings is 3. The van der Waals surface area contributed by atoms with Crippen LogP contribution in [0.2, 0.25) is 0 Å². The average Bonchev–Trinajstić information content (AvgIpc) is 2.66. The number of benzene rings is 1. The van der Waals surface area contributed by atoms with Crippen LogP contribution in [0.25, 0.3) is 0 Å². The van der Waals surface area contributed by atoms with Crippen LogP contribution in [0, 0.1) is 12.8 Å². The van der Waals surface area contributed by atoms with Gasteiger partial charge in [0.05, 0.1) is 0 Å². The fourth-order valence-corrected chi connectivity index (χ4v) is 4.32. The number of aromatic nitrogens is 1. The van der Waals surface area contributed by atoms with Gasteiger partial charge in [0, 0.05) is 30.0 Å². The van der Waals surface area contributed by atoms with Crippen molar-refractivity contribution in [1.29, 1.82) is 0 Å². The molecule has 5 rings (SSSR count). The Morgan fingerprint density at radius 1 is 1.20 bits per heavy atom. The molecule has 4 nitrogen and oxygen atoms in total. The van der Waals surface area contributed by atoms with Gasteiger partial charge in [-0.25, -0.2) is 0 Å². The van der Waals surface area contributed by atoms with E-state index < -0.39 is 0 Å². The number of amides is 1. The molecule has 0 unspecified atom stereocenters. The molecule has 4 heterocycles. The van der Waals surface area contributed by atoms with Crippen molar-refractivity contribution in [2.24, 2.45) is 5.92 Å². The highest BCUT2D eigenvalue weighted by molar-refractivity contribution is 5.94. The van der Waals surface area contributed by atoms with Crippen molar-refractivity contribution in [2.45, 2.75) is 38.3 Å². The van der Waals surface area contributed by atoms with Gasteiger partial charge in [-0.2, -0.15) is 0 Å². The molecule has 0 spiro atoms. The summed E-state index contributed by atoms with van der Waals surface area (Å²) in [5.41, 5.74) is 3.17. The fourth-order valence-electron chi connectivity index (χ4n) is 4.32. The van der Waals surface area contributed by atoms with Gasteiger partial charge in [-0.1, -0.05) is 23.8 Å². The molecule has 3 aliphatic heterocycles. The van der Waals surface area contributed by atoms with Crippen LogP contribution < -0.4 is 5.32 Å². The first-order valence-electron chi connectivity index (χ1n) is 9.21. The Balaban J connectivity index is 1.52. The van der Waals surface area contributed by atoms with Crippen LogP contribution in [0.1, 0.15) is 34.3 Å². The molecule has 3 aliphatic rings. The SMILES string of the molecule is Cc1ccc(C(=O)N[C@@H]2C3CCN(CC3)[C@H]2Cc2cccnc2)cc1. The van der Waals surface area contributed by atoms with E-state index >= 15 is 0 Å². The lowest BCUT2D eigenvalue weighted by Crippen LogP contribution is -2.64. The first-order chi connectivity index (χ1) is 12.2. The maximum Gasteiger partial charge on any atom is 0.251 e. The largest absolute Gasteiger partial charge is 0.347 e. The number of aryl methyl sites for hydroxylation is 1. The predicted octanol–water partition coefficient (Wildman–Crippen LogP) is 2.83. The van der Waals surface area contributed by atoms with Crippen molar-refractivity contribution < 1.29 is 4.79 Å². The Kier molecular flexibility index (Phi) is 4.53. The number of fused-ring (bicyclic) bond motifs is 3. The van der Waals surface area contributed by atoms with Crippen LogP contribution in [0.15, 0.2) is 48.8 Å². The fraction of sp³-hybridized carbons (Fsp3) is 0.429. The zero-order valence-corrected chi connectivity index (χ0v) is 14.7. The van der Waals surface area contributed by atoms with Gasteiger partial charge in [-0.15, -0.1) is 0 Å². The highest BCUT2D eigenvalue weighted by Crippen LogP contribution is 2.34. The number of hydrogen-bond donors (Lipinski definition) is 1. The molecule has 3 saturated heterocycles. The topological polar surface area (TPSA) is 45.2 Å². The molecule has 1 aromatic carbocycles. The summed E-state index contributed by atoms with van der Waals surface area (Å²) >= 11 is 0. The number of hydrogen-bond acceptors (Lipinski definition) is 3. The van der Waals surface area contributed by atoms with Crippen LogP contribution in [-0.4, -0.2) is 41.0 Å². The molecule has 0 aliphatic carbocycles. The summed E-state index contributed by atoms with van der Waals surface area (Å²) in [6.45, 7) is 4.33. The summed E-state index contributed by atoms with van der Waals surface area (Å²) in [5, 5.41) is 3.36. The molecule has 2 atom stereocenters. The lowest BCUT2D eigenvalue weighted by atomic mass is 9.76. The Morgan fingerprint density at radius 3 is 2.64 bits per heavy atom. The van der Waals surface area contributed by atoms with E-state index in [2.05, 4.69) is 21.3 Å². The minimum Gasteiger partial charge on any atom is -0.347 e. The van der Waals surface area contributed by atoms with Gasteiger partial charge >= 0.3 is 0 Å². The molecule has 130 valence electrons. The van der Waals surface area contributed by atoms with E-state index in [4.69, 9.17) is 0 Å². The molecule has 1 aromatic heterocycles. The van der Waals surface area contributed by atoms with Crippen molar-refractivity contribution >= 4 is 5.91 Å². The summed E-state index contributed by atoms with van der Waals surface area (Å²) in [6.07, 6.45) is 7.07. The van der Waals surface area contributed by atoms with E-state index in [1.165, 1.54) is 24.0 Å². The number of nitrogens with zero attached hydrogens (tertiary/aromatic N) is 2. The standard InChI is InChI=1S/C21H25N3O/c1-15-4-6-18(7-5-15)21(25)23-20-17-8-11-24(12-9-17)19(20)13-16-3-2-10-22-14-16/h2-7,10,14,17,19-20H,8-9,11-13H2,1H3,(H,23,25)/t19-,20+/m0/s1. The molecule has 25 heavy (non-hydrogen) atoms. The van der Waals surface area contributed by atoms with Crippen LogP contribution in [0.3, 0.4) is 0 Å². The first-order valence-corrected chi connectivity index (χ1v) is 9.21. The normalized spacial score (nSPS) is 27.9. The van der Waals surface area contributed by atoms with Gasteiger partial charge in [0.25, 0.3) is 5.91 Å². The first kappa shape index (κ1) is 16.3. The number of rotatable bonds is 4. The van der Waals surface area contributed by atoms with E-state index in [9.17, 15) is 4.79 Å². The van der Waals surface area contributed by atoms with Crippen molar-refractivity contribution in [2.75, 3.05) is 13.1 Å². The van der Waals surface area contributed by atoms with Gasteiger partial charge in [-0.05, 0) is 69.0 Å². The molecule has 2 bridgehead atoms. The maximum atomic E-state index is 12.8. The highest BCUT2D eigenvalue weighted by Gasteiger charge is 2.42. The summed E-state index contributed by atoms with van der Waals surface area (Å²) in [7, 11) is 0. The van der Waals surface area contributed by atoms with E-state index in [1.807, 2.05) is 49.6 Å². The van der Waals surface area contributed by atoms with Crippen LogP contribution in [-0.2, 0) is 6.42 Å². The van der Waals surface area contributed by atoms with E-state index in [0.29, 0.717) is 12.0 Å². The third-order valence-electron chi connectivity index (χ3n) is 5.74. The van der Waals surface area contributed by atoms with Gasteiger partial charge < -0.3 is 5.32 Å². The molecule has 1 amide bonds. The summed E-state index contributed by atoms with van der Waals surface area (Å²) in [5.74, 6) is 0.635. The summed E-state index contributed by atoms with van der Waals surface area (Å²) in [6, 6.07) is 12.5. The number of pyridine rings is 1. The predicted molar refractivity (Wildman–Crippen MR) is 98.5 cm³/mol. The van der Waals surface area contributed by atoms with Gasteiger partial charge in [0.1, 0.15) is 0 Å². The van der Waals surface area contributed by atoms with Crippen LogP contribution >= 0.6 is 0 Å². The quantitative estimate of drug-likeness (QED) is 0.934. The Labute approximate surface area is 149 Å². The lowest BCUT2D eigenvalue weighted by Gasteiger charge is -2.51. The molecule has 1 N–H and O–H groups in total. The smallest absolute Gasteiger partial charge is 0.251 e. The van der Waals surface area contributed by atoms with Crippen molar-refractivity contribution in [3.8, 4) is 0 Å². The zero-order valence-electron chi connectivity index (χ0n) is 14.7. The second kappa shape index (κ2) is 6.96. The van der Waals surface area contributed by atoms with Crippen molar-refractivity contribution in [3.63, 3.8) is 0 Å². The Morgan fingerprint density at radius 2 is 1.96 bits per heavy atom. The average molecular weight is 335 g/mol. The van der Waals surface area contributed by atoms with E-state index in [0.717, 1.165) is 25.1 Å². The second-order valence-corrected chi connectivity index (χ2v) is 7.37. The molecular formula is C21H25N3O. The van der Waals surface area contributed by atoms with Gasteiger partial charge in [0.2, 0.25) is 0 Å². The minimum atomic E-state index is 0.0509. The van der Waals surface area contributed by atoms with E-state index in [-0.39, 0.29) is 11.9 Å². The minimum absolute atomic E-state index is 0.0509. The van der Waals surface area contributed by atoms with Crippen molar-refractivity contribution in [1.82, 2.24) is 15.2 Å². The van der Waals surface area contributed by atoms with Crippen LogP contribution in [0.4, 0.5) is 0 Å². The number of carbonyl (C=O) groups is 1. The lowest BCUT2D eigenvalue weighted by molar-refractivity contribution is 0.0136. The zero-order chi connectivity index (χ0) is 17.2. The van der Waals surface area contributed by atoms with Crippen molar-refractivity contribution in [3.05, 3.63) is 65.5 Å². The monoisotopic (exact) mass is 335 g/mol. The Bertz CT molecular complexity index is 721. The summed E-state index contributed by atoms with van der Waals surface area (Å²) < 4.78 is 0. The third kappa shape index (κ3) is 3.45. The summed E-state index contributed by atoms with van der Waals surface area (Å²) in [4.78, 5) is 19.6. The Hall–Kier alpha value is -2.20. The molecule has 3 fully saturated rings. The molecule has 4 heteroatoms. The van der Waals surface area contributed by atoms with Gasteiger partial charge in [0.15, 0.2) is 0 Å². The number of carbonyl (C=O) groups excluding carboxylic acids is 1. The molecule has 2 aromatic rings. The molecule has 0 saturated carbocycles. The number of nitrogens with one attached hydrogen (secondary N) is 1. The molecular weight excluding hydrogens is 310 g/mol. The van der Waals surface area contributed by atoms with E-state index in [1.54, 1.807) is 0 Å². The maximum absolute atomic E-state index is 12.8. The highest BCUT2D eigenvalue weighted by atomic mass is 16.1. The third-order valence-corrected chi connectivity index (χ3v) is 5.74. The second-order valence-electron chi connectivity index (χ2n) is 7.37.